The van der Waals surface area contributed by atoms with Gasteiger partial charge < -0.3 is 10.2 Å². The maximum Gasteiger partial charge on any atom is 0.242 e. The van der Waals surface area contributed by atoms with Gasteiger partial charge in [-0.15, -0.1) is 0 Å². The van der Waals surface area contributed by atoms with Gasteiger partial charge in [0.2, 0.25) is 11.8 Å². The second kappa shape index (κ2) is 6.00. The summed E-state index contributed by atoms with van der Waals surface area (Å²) in [5.41, 5.74) is 0. The van der Waals surface area contributed by atoms with E-state index in [0.29, 0.717) is 25.9 Å². The summed E-state index contributed by atoms with van der Waals surface area (Å²) in [6.07, 6.45) is 3.20. The average Bonchev–Trinajstić information content (AvgIpc) is 2.25. The first-order chi connectivity index (χ1) is 7.20. The van der Waals surface area contributed by atoms with Crippen LogP contribution in [0.2, 0.25) is 0 Å². The van der Waals surface area contributed by atoms with E-state index in [1.807, 2.05) is 13.2 Å². The van der Waals surface area contributed by atoms with Gasteiger partial charge >= 0.3 is 0 Å². The zero-order valence-corrected chi connectivity index (χ0v) is 10.1. The molecule has 1 rings (SSSR count). The van der Waals surface area contributed by atoms with Gasteiger partial charge in [-0.05, 0) is 12.7 Å². The van der Waals surface area contributed by atoms with Crippen LogP contribution in [0, 0.1) is 0 Å². The first kappa shape index (κ1) is 12.4. The molecular weight excluding hydrogens is 212 g/mol. The highest BCUT2D eigenvalue weighted by molar-refractivity contribution is 7.98. The Morgan fingerprint density at radius 3 is 3.00 bits per heavy atom. The number of hydrogen-bond donors (Lipinski definition) is 1. The van der Waals surface area contributed by atoms with Gasteiger partial charge in [-0.3, -0.25) is 9.59 Å². The Balaban J connectivity index is 2.57. The van der Waals surface area contributed by atoms with Crippen LogP contribution in [0.25, 0.3) is 0 Å². The Bertz CT molecular complexity index is 246. The Morgan fingerprint density at radius 2 is 2.40 bits per heavy atom. The standard InChI is InChI=1S/C10H18N2O2S/c1-3-8-10(14)11-5-6-12(8)9(13)4-7-15-2/h8H,3-7H2,1-2H3,(H,11,14). The monoisotopic (exact) mass is 230 g/mol. The van der Waals surface area contributed by atoms with Gasteiger partial charge in [-0.25, -0.2) is 0 Å². The van der Waals surface area contributed by atoms with Crippen LogP contribution < -0.4 is 5.32 Å². The highest BCUT2D eigenvalue weighted by Crippen LogP contribution is 2.11. The minimum Gasteiger partial charge on any atom is -0.353 e. The van der Waals surface area contributed by atoms with Crippen LogP contribution in [0.5, 0.6) is 0 Å². The van der Waals surface area contributed by atoms with Crippen LogP contribution in [0.3, 0.4) is 0 Å². The Labute approximate surface area is 94.8 Å². The molecule has 15 heavy (non-hydrogen) atoms. The molecule has 4 nitrogen and oxygen atoms in total. The van der Waals surface area contributed by atoms with Gasteiger partial charge in [0, 0.05) is 25.3 Å². The number of thioether (sulfide) groups is 1. The molecule has 0 aromatic heterocycles. The summed E-state index contributed by atoms with van der Waals surface area (Å²) in [5, 5.41) is 2.79. The molecule has 0 spiro atoms. The summed E-state index contributed by atoms with van der Waals surface area (Å²) in [7, 11) is 0. The van der Waals surface area contributed by atoms with E-state index in [1.165, 1.54) is 0 Å². The number of hydrogen-bond acceptors (Lipinski definition) is 3. The molecule has 2 amide bonds. The Hall–Kier alpha value is -0.710. The minimum atomic E-state index is -0.256. The zero-order valence-electron chi connectivity index (χ0n) is 9.28. The summed E-state index contributed by atoms with van der Waals surface area (Å²) in [5.74, 6) is 0.917. The van der Waals surface area contributed by atoms with Crippen LogP contribution in [0.1, 0.15) is 19.8 Å². The van der Waals surface area contributed by atoms with Crippen molar-refractivity contribution in [2.75, 3.05) is 25.1 Å². The van der Waals surface area contributed by atoms with E-state index in [0.717, 1.165) is 5.75 Å². The van der Waals surface area contributed by atoms with E-state index < -0.39 is 0 Å². The third-order valence-corrected chi connectivity index (χ3v) is 3.17. The number of carbonyl (C=O) groups excluding carboxylic acids is 2. The molecule has 0 radical (unpaired) electrons. The fraction of sp³-hybridized carbons (Fsp3) is 0.800. The molecule has 86 valence electrons. The normalized spacial score (nSPS) is 21.3. The lowest BCUT2D eigenvalue weighted by molar-refractivity contribution is -0.143. The molecule has 1 aliphatic rings. The molecule has 1 atom stereocenters. The lowest BCUT2D eigenvalue weighted by Crippen LogP contribution is -2.56. The van der Waals surface area contributed by atoms with E-state index in [4.69, 9.17) is 0 Å². The lowest BCUT2D eigenvalue weighted by atomic mass is 10.1. The quantitative estimate of drug-likeness (QED) is 0.764. The van der Waals surface area contributed by atoms with Gasteiger partial charge in [-0.1, -0.05) is 6.92 Å². The van der Waals surface area contributed by atoms with Crippen LogP contribution in [0.15, 0.2) is 0 Å². The smallest absolute Gasteiger partial charge is 0.242 e. The molecule has 0 aliphatic carbocycles. The van der Waals surface area contributed by atoms with Crippen LogP contribution >= 0.6 is 11.8 Å². The van der Waals surface area contributed by atoms with Gasteiger partial charge in [0.05, 0.1) is 0 Å². The molecule has 1 fully saturated rings. The van der Waals surface area contributed by atoms with Crippen LogP contribution in [-0.4, -0.2) is 47.9 Å². The van der Waals surface area contributed by atoms with E-state index in [9.17, 15) is 9.59 Å². The van der Waals surface area contributed by atoms with Gasteiger partial charge in [0.25, 0.3) is 0 Å². The summed E-state index contributed by atoms with van der Waals surface area (Å²) in [6, 6.07) is -0.256. The van der Waals surface area contributed by atoms with Crippen LogP contribution in [-0.2, 0) is 9.59 Å². The predicted octanol–water partition coefficient (Wildman–Crippen LogP) is 0.476. The molecule has 1 saturated heterocycles. The molecule has 0 saturated carbocycles. The van der Waals surface area contributed by atoms with Crippen molar-refractivity contribution >= 4 is 23.6 Å². The Morgan fingerprint density at radius 1 is 1.67 bits per heavy atom. The van der Waals surface area contributed by atoms with E-state index in [-0.39, 0.29) is 17.9 Å². The molecule has 1 unspecified atom stereocenters. The Kier molecular flexibility index (Phi) is 4.94. The maximum atomic E-state index is 11.8. The van der Waals surface area contributed by atoms with Crippen molar-refractivity contribution < 1.29 is 9.59 Å². The molecule has 1 N–H and O–H groups in total. The fourth-order valence-electron chi connectivity index (χ4n) is 1.75. The third kappa shape index (κ3) is 3.12. The SMILES string of the molecule is CCC1C(=O)NCCN1C(=O)CCSC. The highest BCUT2D eigenvalue weighted by Gasteiger charge is 2.30. The van der Waals surface area contributed by atoms with Crippen molar-refractivity contribution in [2.24, 2.45) is 0 Å². The zero-order chi connectivity index (χ0) is 11.3. The van der Waals surface area contributed by atoms with Crippen molar-refractivity contribution in [1.29, 1.82) is 0 Å². The van der Waals surface area contributed by atoms with Crippen LogP contribution in [0.4, 0.5) is 0 Å². The molecule has 5 heteroatoms. The summed E-state index contributed by atoms with van der Waals surface area (Å²) >= 11 is 1.66. The number of piperazine rings is 1. The van der Waals surface area contributed by atoms with E-state index in [1.54, 1.807) is 16.7 Å². The minimum absolute atomic E-state index is 0.0127. The number of rotatable bonds is 4. The van der Waals surface area contributed by atoms with Gasteiger partial charge in [-0.2, -0.15) is 11.8 Å². The molecule has 0 aromatic rings. The fourth-order valence-corrected chi connectivity index (χ4v) is 2.13. The summed E-state index contributed by atoms with van der Waals surface area (Å²) in [4.78, 5) is 25.0. The second-order valence-electron chi connectivity index (χ2n) is 3.55. The largest absolute Gasteiger partial charge is 0.353 e. The van der Waals surface area contributed by atoms with Gasteiger partial charge in [0.15, 0.2) is 0 Å². The average molecular weight is 230 g/mol. The molecule has 0 aromatic carbocycles. The van der Waals surface area contributed by atoms with Crippen molar-refractivity contribution in [1.82, 2.24) is 10.2 Å². The number of nitrogens with zero attached hydrogens (tertiary/aromatic N) is 1. The third-order valence-electron chi connectivity index (χ3n) is 2.56. The second-order valence-corrected chi connectivity index (χ2v) is 4.53. The lowest BCUT2D eigenvalue weighted by Gasteiger charge is -2.34. The van der Waals surface area contributed by atoms with Gasteiger partial charge in [0.1, 0.15) is 6.04 Å². The molecular formula is C10H18N2O2S. The predicted molar refractivity (Wildman–Crippen MR) is 61.8 cm³/mol. The number of carbonyl (C=O) groups is 2. The number of nitrogens with one attached hydrogen (secondary N) is 1. The summed E-state index contributed by atoms with van der Waals surface area (Å²) < 4.78 is 0. The van der Waals surface area contributed by atoms with E-state index >= 15 is 0 Å². The van der Waals surface area contributed by atoms with Crippen molar-refractivity contribution in [2.45, 2.75) is 25.8 Å². The van der Waals surface area contributed by atoms with Crippen molar-refractivity contribution in [3.8, 4) is 0 Å². The van der Waals surface area contributed by atoms with E-state index in [2.05, 4.69) is 5.32 Å². The first-order valence-electron chi connectivity index (χ1n) is 5.26. The molecule has 1 heterocycles. The topological polar surface area (TPSA) is 49.4 Å². The van der Waals surface area contributed by atoms with Crippen molar-refractivity contribution in [3.05, 3.63) is 0 Å². The molecule has 0 bridgehead atoms. The summed E-state index contributed by atoms with van der Waals surface area (Å²) in [6.45, 7) is 3.17. The maximum absolute atomic E-state index is 11.8. The number of amides is 2. The first-order valence-corrected chi connectivity index (χ1v) is 6.66. The van der Waals surface area contributed by atoms with Crippen molar-refractivity contribution in [3.63, 3.8) is 0 Å². The highest BCUT2D eigenvalue weighted by atomic mass is 32.2. The molecule has 1 aliphatic heterocycles.